The maximum Gasteiger partial charge on any atom is 0.262 e. The predicted octanol–water partition coefficient (Wildman–Crippen LogP) is 4.62. The molecule has 39 heavy (non-hydrogen) atoms. The van der Waals surface area contributed by atoms with Gasteiger partial charge in [0.1, 0.15) is 23.9 Å². The average Bonchev–Trinajstić information content (AvgIpc) is 3.40. The highest BCUT2D eigenvalue weighted by Crippen LogP contribution is 2.36. The van der Waals surface area contributed by atoms with E-state index in [0.717, 1.165) is 16.7 Å². The van der Waals surface area contributed by atoms with Crippen LogP contribution in [0.4, 0.5) is 4.39 Å². The molecule has 0 aliphatic carbocycles. The van der Waals surface area contributed by atoms with Gasteiger partial charge in [-0.25, -0.2) is 9.40 Å². The average molecular weight is 534 g/mol. The Labute approximate surface area is 227 Å². The second-order valence-electron chi connectivity index (χ2n) is 9.18. The van der Waals surface area contributed by atoms with Crippen molar-refractivity contribution in [2.45, 2.75) is 19.4 Å². The van der Waals surface area contributed by atoms with Gasteiger partial charge in [0.15, 0.2) is 0 Å². The summed E-state index contributed by atoms with van der Waals surface area (Å²) < 4.78 is 30.5. The number of carbonyl (C=O) groups is 2. The number of benzene rings is 3. The van der Waals surface area contributed by atoms with Crippen LogP contribution in [-0.2, 0) is 9.53 Å². The second kappa shape index (κ2) is 12.5. The molecule has 0 saturated carbocycles. The van der Waals surface area contributed by atoms with Gasteiger partial charge in [-0.3, -0.25) is 9.59 Å². The number of aryl methyl sites for hydroxylation is 1. The molecule has 9 heteroatoms. The zero-order chi connectivity index (χ0) is 27.9. The van der Waals surface area contributed by atoms with Crippen molar-refractivity contribution in [3.8, 4) is 11.5 Å². The van der Waals surface area contributed by atoms with E-state index in [0.29, 0.717) is 23.6 Å². The molecular formula is C30H32FN3O5. The van der Waals surface area contributed by atoms with Gasteiger partial charge in [-0.15, -0.1) is 0 Å². The summed E-state index contributed by atoms with van der Waals surface area (Å²) in [6.07, 6.45) is 0.441. The van der Waals surface area contributed by atoms with Crippen LogP contribution >= 0.6 is 0 Å². The first-order chi connectivity index (χ1) is 18.9. The Morgan fingerprint density at radius 2 is 1.77 bits per heavy atom. The Hall–Kier alpha value is -4.24. The van der Waals surface area contributed by atoms with Crippen molar-refractivity contribution in [3.63, 3.8) is 0 Å². The van der Waals surface area contributed by atoms with Crippen LogP contribution < -0.4 is 9.47 Å². The summed E-state index contributed by atoms with van der Waals surface area (Å²) in [6, 6.07) is 18.7. The molecule has 0 radical (unpaired) electrons. The molecule has 0 unspecified atom stereocenters. The zero-order valence-electron chi connectivity index (χ0n) is 22.5. The Morgan fingerprint density at radius 1 is 1.03 bits per heavy atom. The first-order valence-electron chi connectivity index (χ1n) is 12.6. The molecular weight excluding hydrogens is 501 g/mol. The minimum Gasteiger partial charge on any atom is -0.497 e. The number of methoxy groups -OCH3 is 3. The van der Waals surface area contributed by atoms with Crippen LogP contribution in [0.25, 0.3) is 0 Å². The zero-order valence-corrected chi connectivity index (χ0v) is 22.5. The van der Waals surface area contributed by atoms with Gasteiger partial charge in [0.2, 0.25) is 0 Å². The molecule has 204 valence electrons. The summed E-state index contributed by atoms with van der Waals surface area (Å²) in [7, 11) is 4.64. The van der Waals surface area contributed by atoms with Crippen molar-refractivity contribution >= 4 is 17.5 Å². The molecule has 2 amide bonds. The Bertz CT molecular complexity index is 1360. The van der Waals surface area contributed by atoms with Crippen LogP contribution in [0.5, 0.6) is 11.5 Å². The van der Waals surface area contributed by atoms with Gasteiger partial charge in [-0.1, -0.05) is 42.0 Å². The van der Waals surface area contributed by atoms with E-state index >= 15 is 0 Å². The predicted molar refractivity (Wildman–Crippen MR) is 146 cm³/mol. The smallest absolute Gasteiger partial charge is 0.262 e. The fourth-order valence-corrected chi connectivity index (χ4v) is 4.48. The highest BCUT2D eigenvalue weighted by molar-refractivity contribution is 6.05. The second-order valence-corrected chi connectivity index (χ2v) is 9.18. The molecule has 0 saturated heterocycles. The summed E-state index contributed by atoms with van der Waals surface area (Å²) in [5.41, 5.74) is 3.30. The van der Waals surface area contributed by atoms with Crippen LogP contribution in [0.1, 0.15) is 39.5 Å². The van der Waals surface area contributed by atoms with Gasteiger partial charge >= 0.3 is 0 Å². The lowest BCUT2D eigenvalue weighted by Gasteiger charge is -2.27. The fourth-order valence-electron chi connectivity index (χ4n) is 4.48. The summed E-state index contributed by atoms with van der Waals surface area (Å²) in [5.74, 6) is -0.434. The van der Waals surface area contributed by atoms with E-state index in [1.54, 1.807) is 26.4 Å². The molecule has 0 spiro atoms. The van der Waals surface area contributed by atoms with E-state index in [2.05, 4.69) is 0 Å². The molecule has 3 aromatic rings. The quantitative estimate of drug-likeness (QED) is 0.380. The van der Waals surface area contributed by atoms with Crippen LogP contribution in [0.15, 0.2) is 71.8 Å². The summed E-state index contributed by atoms with van der Waals surface area (Å²) in [4.78, 5) is 28.3. The summed E-state index contributed by atoms with van der Waals surface area (Å²) in [5, 5.41) is 6.14. The van der Waals surface area contributed by atoms with Crippen molar-refractivity contribution in [1.29, 1.82) is 0 Å². The third-order valence-corrected chi connectivity index (χ3v) is 6.63. The van der Waals surface area contributed by atoms with Crippen LogP contribution in [0, 0.1) is 12.7 Å². The highest BCUT2D eigenvalue weighted by atomic mass is 19.1. The summed E-state index contributed by atoms with van der Waals surface area (Å²) >= 11 is 0. The molecule has 0 aromatic heterocycles. The van der Waals surface area contributed by atoms with E-state index in [4.69, 9.17) is 19.3 Å². The molecule has 8 nitrogen and oxygen atoms in total. The maximum absolute atomic E-state index is 14.4. The normalized spacial score (nSPS) is 14.6. The van der Waals surface area contributed by atoms with Crippen molar-refractivity contribution < 1.29 is 28.2 Å². The van der Waals surface area contributed by atoms with Gasteiger partial charge < -0.3 is 19.1 Å². The first kappa shape index (κ1) is 27.8. The molecule has 0 bridgehead atoms. The van der Waals surface area contributed by atoms with Gasteiger partial charge in [0, 0.05) is 31.7 Å². The minimum atomic E-state index is -0.650. The molecule has 0 N–H and O–H groups in total. The van der Waals surface area contributed by atoms with Gasteiger partial charge in [0.25, 0.3) is 11.8 Å². The van der Waals surface area contributed by atoms with Crippen molar-refractivity contribution in [2.75, 3.05) is 41.0 Å². The van der Waals surface area contributed by atoms with Crippen molar-refractivity contribution in [1.82, 2.24) is 9.91 Å². The Balaban J connectivity index is 1.68. The van der Waals surface area contributed by atoms with Gasteiger partial charge in [0.05, 0.1) is 38.1 Å². The molecule has 1 heterocycles. The molecule has 0 fully saturated rings. The molecule has 3 aromatic carbocycles. The van der Waals surface area contributed by atoms with Gasteiger partial charge in [-0.05, 0) is 36.8 Å². The number of carbonyl (C=O) groups excluding carboxylic acids is 2. The Kier molecular flexibility index (Phi) is 8.93. The highest BCUT2D eigenvalue weighted by Gasteiger charge is 2.35. The maximum atomic E-state index is 14.4. The van der Waals surface area contributed by atoms with Crippen LogP contribution in [0.3, 0.4) is 0 Å². The number of amides is 2. The third kappa shape index (κ3) is 6.26. The van der Waals surface area contributed by atoms with E-state index in [1.165, 1.54) is 35.2 Å². The number of hydrazone groups is 1. The fraction of sp³-hybridized carbons (Fsp3) is 0.300. The minimum absolute atomic E-state index is 0.106. The number of hydrogen-bond acceptors (Lipinski definition) is 6. The lowest BCUT2D eigenvalue weighted by Crippen LogP contribution is -2.43. The number of halogens is 1. The van der Waals surface area contributed by atoms with E-state index < -0.39 is 23.7 Å². The van der Waals surface area contributed by atoms with Crippen LogP contribution in [-0.4, -0.2) is 68.5 Å². The topological polar surface area (TPSA) is 80.7 Å². The van der Waals surface area contributed by atoms with Gasteiger partial charge in [-0.2, -0.15) is 5.10 Å². The number of hydrogen-bond donors (Lipinski definition) is 0. The molecule has 4 rings (SSSR count). The molecule has 1 atom stereocenters. The molecule has 1 aliphatic heterocycles. The third-order valence-electron chi connectivity index (χ3n) is 6.63. The largest absolute Gasteiger partial charge is 0.497 e. The van der Waals surface area contributed by atoms with Crippen molar-refractivity contribution in [3.05, 3.63) is 94.8 Å². The standard InChI is InChI=1S/C30H32FN3O5/c1-20-9-11-21(12-10-20)27-18-26(24-14-13-22(38-3)17-28(24)39-4)32-34(27)29(35)19-33(15-16-37-2)30(36)23-7-5-6-8-25(23)31/h5-14,17,27H,15-16,18-19H2,1-4H3/t27-/m0/s1. The summed E-state index contributed by atoms with van der Waals surface area (Å²) in [6.45, 7) is 2.00. The number of rotatable bonds is 10. The van der Waals surface area contributed by atoms with E-state index in [-0.39, 0.29) is 25.3 Å². The van der Waals surface area contributed by atoms with Crippen LogP contribution in [0.2, 0.25) is 0 Å². The lowest BCUT2D eigenvalue weighted by molar-refractivity contribution is -0.133. The number of nitrogens with zero attached hydrogens (tertiary/aromatic N) is 3. The monoisotopic (exact) mass is 533 g/mol. The molecule has 1 aliphatic rings. The Morgan fingerprint density at radius 3 is 2.44 bits per heavy atom. The van der Waals surface area contributed by atoms with E-state index in [1.807, 2.05) is 43.3 Å². The van der Waals surface area contributed by atoms with Crippen molar-refractivity contribution in [2.24, 2.45) is 5.10 Å². The SMILES string of the molecule is COCCN(CC(=O)N1N=C(c2ccc(OC)cc2OC)C[C@H]1c1ccc(C)cc1)C(=O)c1ccccc1F. The van der Waals surface area contributed by atoms with E-state index in [9.17, 15) is 14.0 Å². The lowest BCUT2D eigenvalue weighted by atomic mass is 9.97. The first-order valence-corrected chi connectivity index (χ1v) is 12.6. The number of ether oxygens (including phenoxy) is 3.